The van der Waals surface area contributed by atoms with E-state index in [1.54, 1.807) is 0 Å². The summed E-state index contributed by atoms with van der Waals surface area (Å²) >= 11 is 0. The van der Waals surface area contributed by atoms with E-state index >= 15 is 0 Å². The van der Waals surface area contributed by atoms with Gasteiger partial charge in [-0.15, -0.1) is 0 Å². The minimum absolute atomic E-state index is 0.00711. The second-order valence-corrected chi connectivity index (χ2v) is 8.79. The molecule has 0 radical (unpaired) electrons. The molecule has 7 nitrogen and oxygen atoms in total. The van der Waals surface area contributed by atoms with E-state index in [9.17, 15) is 25.6 Å². The molecular formula is C15H15F2NO6S2. The highest BCUT2D eigenvalue weighted by Gasteiger charge is 2.19. The predicted molar refractivity (Wildman–Crippen MR) is 90.0 cm³/mol. The molecule has 0 spiro atoms. The van der Waals surface area contributed by atoms with Crippen LogP contribution in [0.3, 0.4) is 0 Å². The molecule has 142 valence electrons. The summed E-state index contributed by atoms with van der Waals surface area (Å²) in [5, 5.41) is 0. The fourth-order valence-electron chi connectivity index (χ4n) is 2.01. The third-order valence-corrected chi connectivity index (χ3v) is 5.67. The molecule has 0 fully saturated rings. The van der Waals surface area contributed by atoms with Crippen molar-refractivity contribution in [3.8, 4) is 11.5 Å². The van der Waals surface area contributed by atoms with E-state index in [0.717, 1.165) is 18.4 Å². The Morgan fingerprint density at radius 2 is 1.62 bits per heavy atom. The van der Waals surface area contributed by atoms with Gasteiger partial charge in [-0.25, -0.2) is 16.8 Å². The largest absolute Gasteiger partial charge is 0.493 e. The number of rotatable bonds is 7. The van der Waals surface area contributed by atoms with Crippen LogP contribution in [-0.4, -0.2) is 36.8 Å². The summed E-state index contributed by atoms with van der Waals surface area (Å²) in [5.41, 5.74) is -0.0637. The van der Waals surface area contributed by atoms with Gasteiger partial charge < -0.3 is 9.47 Å². The van der Waals surface area contributed by atoms with Crippen molar-refractivity contribution in [1.82, 2.24) is 0 Å². The first-order valence-electron chi connectivity index (χ1n) is 6.99. The van der Waals surface area contributed by atoms with Gasteiger partial charge in [0.2, 0.25) is 0 Å². The Labute approximate surface area is 149 Å². The van der Waals surface area contributed by atoms with Crippen molar-refractivity contribution >= 4 is 25.5 Å². The highest BCUT2D eigenvalue weighted by molar-refractivity contribution is 7.93. The van der Waals surface area contributed by atoms with E-state index in [4.69, 9.17) is 4.74 Å². The third kappa shape index (κ3) is 4.82. The van der Waals surface area contributed by atoms with Crippen LogP contribution >= 0.6 is 0 Å². The number of anilines is 1. The monoisotopic (exact) mass is 407 g/mol. The van der Waals surface area contributed by atoms with E-state index in [1.165, 1.54) is 37.4 Å². The number of halogens is 2. The van der Waals surface area contributed by atoms with E-state index < -0.39 is 26.5 Å². The number of alkyl halides is 2. The van der Waals surface area contributed by atoms with E-state index in [-0.39, 0.29) is 27.0 Å². The Morgan fingerprint density at radius 3 is 2.19 bits per heavy atom. The van der Waals surface area contributed by atoms with Crippen LogP contribution in [0.1, 0.15) is 0 Å². The van der Waals surface area contributed by atoms with Gasteiger partial charge in [-0.1, -0.05) is 6.07 Å². The van der Waals surface area contributed by atoms with Gasteiger partial charge in [0.1, 0.15) is 0 Å². The lowest BCUT2D eigenvalue weighted by molar-refractivity contribution is -0.0511. The van der Waals surface area contributed by atoms with Crippen molar-refractivity contribution in [3.63, 3.8) is 0 Å². The number of hydrogen-bond acceptors (Lipinski definition) is 6. The number of nitrogens with one attached hydrogen (secondary N) is 1. The fraction of sp³-hybridized carbons (Fsp3) is 0.200. The summed E-state index contributed by atoms with van der Waals surface area (Å²) < 4.78 is 84.3. The second kappa shape index (κ2) is 7.46. The maximum atomic E-state index is 12.5. The van der Waals surface area contributed by atoms with Crippen molar-refractivity contribution in [2.45, 2.75) is 16.4 Å². The molecule has 0 amide bonds. The van der Waals surface area contributed by atoms with Crippen LogP contribution < -0.4 is 14.2 Å². The molecule has 0 saturated carbocycles. The van der Waals surface area contributed by atoms with E-state index in [0.29, 0.717) is 0 Å². The molecule has 0 aliphatic rings. The molecule has 2 rings (SSSR count). The van der Waals surface area contributed by atoms with Gasteiger partial charge in [0.25, 0.3) is 10.0 Å². The maximum Gasteiger partial charge on any atom is 0.387 e. The maximum absolute atomic E-state index is 12.5. The Morgan fingerprint density at radius 1 is 0.962 bits per heavy atom. The Hall–Kier alpha value is -2.40. The van der Waals surface area contributed by atoms with Crippen molar-refractivity contribution in [3.05, 3.63) is 42.5 Å². The Balaban J connectivity index is 2.38. The van der Waals surface area contributed by atoms with E-state index in [1.807, 2.05) is 0 Å². The van der Waals surface area contributed by atoms with Gasteiger partial charge in [0.15, 0.2) is 21.3 Å². The average Bonchev–Trinajstić information content (AvgIpc) is 2.53. The predicted octanol–water partition coefficient (Wildman–Crippen LogP) is 2.50. The lowest BCUT2D eigenvalue weighted by Crippen LogP contribution is -2.14. The molecule has 2 aromatic carbocycles. The number of sulfone groups is 1. The van der Waals surface area contributed by atoms with Crippen molar-refractivity contribution in [2.75, 3.05) is 18.1 Å². The number of benzene rings is 2. The fourth-order valence-corrected chi connectivity index (χ4v) is 3.85. The van der Waals surface area contributed by atoms with Gasteiger partial charge in [0, 0.05) is 12.3 Å². The summed E-state index contributed by atoms with van der Waals surface area (Å²) in [6, 6.07) is 8.32. The molecule has 0 bridgehead atoms. The van der Waals surface area contributed by atoms with Gasteiger partial charge in [-0.3, -0.25) is 4.72 Å². The van der Waals surface area contributed by atoms with Gasteiger partial charge in [-0.2, -0.15) is 8.78 Å². The summed E-state index contributed by atoms with van der Waals surface area (Å²) in [5.74, 6) is -0.361. The molecule has 2 aromatic rings. The molecule has 26 heavy (non-hydrogen) atoms. The molecular weight excluding hydrogens is 392 g/mol. The van der Waals surface area contributed by atoms with E-state index in [2.05, 4.69) is 9.46 Å². The van der Waals surface area contributed by atoms with Crippen LogP contribution in [0.15, 0.2) is 52.3 Å². The zero-order chi connectivity index (χ0) is 19.5. The highest BCUT2D eigenvalue weighted by Crippen LogP contribution is 2.32. The molecule has 0 unspecified atom stereocenters. The highest BCUT2D eigenvalue weighted by atomic mass is 32.2. The normalized spacial score (nSPS) is 12.0. The summed E-state index contributed by atoms with van der Waals surface area (Å²) in [4.78, 5) is -0.468. The lowest BCUT2D eigenvalue weighted by atomic mass is 10.3. The molecule has 0 heterocycles. The minimum atomic E-state index is -4.16. The zero-order valence-electron chi connectivity index (χ0n) is 13.6. The SMILES string of the molecule is COc1ccc(NS(=O)(=O)c2cccc(S(C)(=O)=O)c2)cc1OC(F)F. The Kier molecular flexibility index (Phi) is 5.71. The quantitative estimate of drug-likeness (QED) is 0.757. The topological polar surface area (TPSA) is 98.8 Å². The molecule has 0 aromatic heterocycles. The lowest BCUT2D eigenvalue weighted by Gasteiger charge is -2.13. The number of methoxy groups -OCH3 is 1. The second-order valence-electron chi connectivity index (χ2n) is 5.10. The summed E-state index contributed by atoms with van der Waals surface area (Å²) in [7, 11) is -6.51. The van der Waals surface area contributed by atoms with Gasteiger partial charge in [0.05, 0.1) is 22.6 Å². The molecule has 0 aliphatic carbocycles. The van der Waals surface area contributed by atoms with Gasteiger partial charge in [-0.05, 0) is 30.3 Å². The standard InChI is InChI=1S/C15H15F2NO6S2/c1-23-13-7-6-10(8-14(13)24-15(16)17)18-26(21,22)12-5-3-4-11(9-12)25(2,19)20/h3-9,15,18H,1-2H3. The van der Waals surface area contributed by atoms with Crippen LogP contribution in [0.25, 0.3) is 0 Å². The van der Waals surface area contributed by atoms with Crippen LogP contribution in [-0.2, 0) is 19.9 Å². The zero-order valence-corrected chi connectivity index (χ0v) is 15.3. The minimum Gasteiger partial charge on any atom is -0.493 e. The smallest absolute Gasteiger partial charge is 0.387 e. The summed E-state index contributed by atoms with van der Waals surface area (Å²) in [6.07, 6.45) is 0.948. The van der Waals surface area contributed by atoms with Crippen LogP contribution in [0.5, 0.6) is 11.5 Å². The van der Waals surface area contributed by atoms with Crippen molar-refractivity contribution < 1.29 is 35.1 Å². The molecule has 11 heteroatoms. The first-order valence-corrected chi connectivity index (χ1v) is 10.4. The molecule has 0 atom stereocenters. The first kappa shape index (κ1) is 19.9. The van der Waals surface area contributed by atoms with Crippen molar-refractivity contribution in [1.29, 1.82) is 0 Å². The number of ether oxygens (including phenoxy) is 2. The Bertz CT molecular complexity index is 1010. The van der Waals surface area contributed by atoms with Crippen LogP contribution in [0, 0.1) is 0 Å². The molecule has 1 N–H and O–H groups in total. The molecule has 0 saturated heterocycles. The van der Waals surface area contributed by atoms with Gasteiger partial charge >= 0.3 is 6.61 Å². The van der Waals surface area contributed by atoms with Crippen LogP contribution in [0.2, 0.25) is 0 Å². The van der Waals surface area contributed by atoms with Crippen molar-refractivity contribution in [2.24, 2.45) is 0 Å². The van der Waals surface area contributed by atoms with Crippen LogP contribution in [0.4, 0.5) is 14.5 Å². The summed E-state index contributed by atoms with van der Waals surface area (Å²) in [6.45, 7) is -3.12. The average molecular weight is 407 g/mol. The number of sulfonamides is 1. The third-order valence-electron chi connectivity index (χ3n) is 3.18. The first-order chi connectivity index (χ1) is 12.0. The number of hydrogen-bond donors (Lipinski definition) is 1. The molecule has 0 aliphatic heterocycles.